The zero-order valence-corrected chi connectivity index (χ0v) is 11.8. The summed E-state index contributed by atoms with van der Waals surface area (Å²) in [4.78, 5) is 11.3. The number of hydrogen-bond acceptors (Lipinski definition) is 5. The molecule has 1 saturated carbocycles. The van der Waals surface area contributed by atoms with Crippen LogP contribution in [0.15, 0.2) is 18.6 Å². The molecule has 108 valence electrons. The number of nitrogens with zero attached hydrogens (tertiary/aromatic N) is 4. The van der Waals surface area contributed by atoms with E-state index in [1.165, 1.54) is 25.7 Å². The summed E-state index contributed by atoms with van der Waals surface area (Å²) in [5.41, 5.74) is 0.851. The fourth-order valence-electron chi connectivity index (χ4n) is 3.01. The van der Waals surface area contributed by atoms with E-state index in [9.17, 15) is 5.11 Å². The summed E-state index contributed by atoms with van der Waals surface area (Å²) in [6.45, 7) is 0.738. The van der Waals surface area contributed by atoms with Crippen LogP contribution in [-0.4, -0.2) is 45.7 Å². The van der Waals surface area contributed by atoms with Gasteiger partial charge in [-0.2, -0.15) is 0 Å². The monoisotopic (exact) mass is 275 g/mol. The molecule has 6 heteroatoms. The van der Waals surface area contributed by atoms with Crippen molar-refractivity contribution < 1.29 is 5.11 Å². The third-order valence-electron chi connectivity index (χ3n) is 3.99. The highest BCUT2D eigenvalue weighted by Crippen LogP contribution is 2.29. The van der Waals surface area contributed by atoms with E-state index in [1.807, 2.05) is 23.8 Å². The Hall–Kier alpha value is -1.82. The number of nitrogens with one attached hydrogen (secondary N) is 1. The highest BCUT2D eigenvalue weighted by Gasteiger charge is 2.25. The molecule has 0 unspecified atom stereocenters. The van der Waals surface area contributed by atoms with E-state index in [0.29, 0.717) is 12.6 Å². The summed E-state index contributed by atoms with van der Waals surface area (Å²) >= 11 is 0. The van der Waals surface area contributed by atoms with Crippen LogP contribution in [0.1, 0.15) is 25.7 Å². The van der Waals surface area contributed by atoms with Gasteiger partial charge in [0.2, 0.25) is 0 Å². The van der Waals surface area contributed by atoms with Crippen molar-refractivity contribution >= 4 is 17.3 Å². The van der Waals surface area contributed by atoms with Gasteiger partial charge in [0, 0.05) is 32.0 Å². The Morgan fingerprint density at radius 2 is 2.25 bits per heavy atom. The summed E-state index contributed by atoms with van der Waals surface area (Å²) in [6.07, 6.45) is 10.5. The number of aliphatic hydroxyl groups is 1. The van der Waals surface area contributed by atoms with E-state index in [0.717, 1.165) is 17.3 Å². The number of hydrogen-bond donors (Lipinski definition) is 2. The number of fused-ring (bicyclic) bond motifs is 1. The van der Waals surface area contributed by atoms with Crippen molar-refractivity contribution in [2.24, 2.45) is 0 Å². The molecular formula is C14H21N5O. The van der Waals surface area contributed by atoms with Gasteiger partial charge in [-0.3, -0.25) is 0 Å². The largest absolute Gasteiger partial charge is 0.395 e. The van der Waals surface area contributed by atoms with Crippen LogP contribution in [0.4, 0.5) is 11.6 Å². The molecule has 1 fully saturated rings. The zero-order valence-electron chi connectivity index (χ0n) is 11.8. The van der Waals surface area contributed by atoms with E-state index in [-0.39, 0.29) is 6.61 Å². The summed E-state index contributed by atoms with van der Waals surface area (Å²) in [7, 11) is 1.86. The molecule has 2 aromatic heterocycles. The van der Waals surface area contributed by atoms with Crippen molar-refractivity contribution in [3.8, 4) is 0 Å². The number of aromatic nitrogens is 3. The zero-order chi connectivity index (χ0) is 13.9. The maximum Gasteiger partial charge on any atom is 0.180 e. The lowest BCUT2D eigenvalue weighted by Crippen LogP contribution is -2.36. The predicted molar refractivity (Wildman–Crippen MR) is 79.2 cm³/mol. The van der Waals surface area contributed by atoms with Gasteiger partial charge in [-0.15, -0.1) is 0 Å². The molecule has 0 atom stereocenters. The van der Waals surface area contributed by atoms with Gasteiger partial charge in [-0.1, -0.05) is 12.8 Å². The summed E-state index contributed by atoms with van der Waals surface area (Å²) in [5.74, 6) is 1.68. The quantitative estimate of drug-likeness (QED) is 0.866. The number of rotatable bonds is 5. The molecule has 2 aromatic rings. The Kier molecular flexibility index (Phi) is 3.73. The molecule has 20 heavy (non-hydrogen) atoms. The van der Waals surface area contributed by atoms with Crippen molar-refractivity contribution in [3.63, 3.8) is 0 Å². The Labute approximate surface area is 118 Å². The van der Waals surface area contributed by atoms with Crippen molar-refractivity contribution in [2.75, 3.05) is 30.4 Å². The highest BCUT2D eigenvalue weighted by atomic mass is 16.3. The van der Waals surface area contributed by atoms with Gasteiger partial charge < -0.3 is 19.7 Å². The minimum Gasteiger partial charge on any atom is -0.395 e. The lowest BCUT2D eigenvalue weighted by Gasteiger charge is -2.29. The molecule has 2 N–H and O–H groups in total. The van der Waals surface area contributed by atoms with Gasteiger partial charge in [0.25, 0.3) is 0 Å². The first kappa shape index (κ1) is 13.2. The van der Waals surface area contributed by atoms with Crippen LogP contribution in [0.25, 0.3) is 5.65 Å². The second-order valence-electron chi connectivity index (χ2n) is 5.21. The summed E-state index contributed by atoms with van der Waals surface area (Å²) in [6, 6.07) is 0.460. The molecule has 0 spiro atoms. The molecule has 0 amide bonds. The third-order valence-corrected chi connectivity index (χ3v) is 3.99. The Balaban J connectivity index is 2.06. The van der Waals surface area contributed by atoms with Gasteiger partial charge in [0.15, 0.2) is 11.5 Å². The summed E-state index contributed by atoms with van der Waals surface area (Å²) in [5, 5.41) is 12.5. The minimum absolute atomic E-state index is 0.134. The topological polar surface area (TPSA) is 65.7 Å². The fraction of sp³-hybridized carbons (Fsp3) is 0.571. The molecule has 3 rings (SSSR count). The van der Waals surface area contributed by atoms with E-state index < -0.39 is 0 Å². The average molecular weight is 275 g/mol. The van der Waals surface area contributed by atoms with Crippen molar-refractivity contribution in [1.29, 1.82) is 0 Å². The Bertz CT molecular complexity index is 576. The molecule has 0 aromatic carbocycles. The molecule has 0 saturated heterocycles. The van der Waals surface area contributed by atoms with E-state index in [2.05, 4.69) is 20.2 Å². The first-order valence-corrected chi connectivity index (χ1v) is 7.22. The SMILES string of the molecule is CNc1cn2ccnc2c(N(CCO)C2CCCC2)n1. The van der Waals surface area contributed by atoms with E-state index in [1.54, 1.807) is 6.20 Å². The van der Waals surface area contributed by atoms with Gasteiger partial charge in [-0.05, 0) is 12.8 Å². The smallest absolute Gasteiger partial charge is 0.180 e. The maximum absolute atomic E-state index is 9.40. The minimum atomic E-state index is 0.134. The van der Waals surface area contributed by atoms with Gasteiger partial charge in [0.1, 0.15) is 5.82 Å². The number of anilines is 2. The highest BCUT2D eigenvalue weighted by molar-refractivity contribution is 5.67. The molecule has 1 aliphatic carbocycles. The first-order valence-electron chi connectivity index (χ1n) is 7.22. The molecular weight excluding hydrogens is 254 g/mol. The van der Waals surface area contributed by atoms with Crippen LogP contribution in [0.5, 0.6) is 0 Å². The molecule has 0 bridgehead atoms. The fourth-order valence-corrected chi connectivity index (χ4v) is 3.01. The number of imidazole rings is 1. The Morgan fingerprint density at radius 3 is 2.95 bits per heavy atom. The Morgan fingerprint density at radius 1 is 1.45 bits per heavy atom. The van der Waals surface area contributed by atoms with Gasteiger partial charge in [-0.25, -0.2) is 9.97 Å². The van der Waals surface area contributed by atoms with Crippen LogP contribution in [0.3, 0.4) is 0 Å². The second kappa shape index (κ2) is 5.66. The van der Waals surface area contributed by atoms with Crippen molar-refractivity contribution in [3.05, 3.63) is 18.6 Å². The van der Waals surface area contributed by atoms with Gasteiger partial charge >= 0.3 is 0 Å². The molecule has 6 nitrogen and oxygen atoms in total. The van der Waals surface area contributed by atoms with Crippen LogP contribution >= 0.6 is 0 Å². The molecule has 1 aliphatic rings. The lowest BCUT2D eigenvalue weighted by atomic mass is 10.2. The van der Waals surface area contributed by atoms with Crippen LogP contribution in [0.2, 0.25) is 0 Å². The van der Waals surface area contributed by atoms with Crippen molar-refractivity contribution in [2.45, 2.75) is 31.7 Å². The standard InChI is InChI=1S/C14H21N5O/c1-15-12-10-18-7-6-16-13(18)14(17-12)19(8-9-20)11-4-2-3-5-11/h6-7,10-11,15,20H,2-5,8-9H2,1H3. The lowest BCUT2D eigenvalue weighted by molar-refractivity contribution is 0.297. The average Bonchev–Trinajstić information content (AvgIpc) is 3.14. The second-order valence-corrected chi connectivity index (χ2v) is 5.21. The molecule has 0 radical (unpaired) electrons. The van der Waals surface area contributed by atoms with Gasteiger partial charge in [0.05, 0.1) is 12.8 Å². The van der Waals surface area contributed by atoms with E-state index >= 15 is 0 Å². The molecule has 2 heterocycles. The predicted octanol–water partition coefficient (Wildman–Crippen LogP) is 1.51. The van der Waals surface area contributed by atoms with Crippen LogP contribution < -0.4 is 10.2 Å². The van der Waals surface area contributed by atoms with Crippen LogP contribution in [-0.2, 0) is 0 Å². The van der Waals surface area contributed by atoms with Crippen LogP contribution in [0, 0.1) is 0 Å². The molecule has 0 aliphatic heterocycles. The summed E-state index contributed by atoms with van der Waals surface area (Å²) < 4.78 is 1.98. The maximum atomic E-state index is 9.40. The third kappa shape index (κ3) is 2.31. The normalized spacial score (nSPS) is 15.9. The van der Waals surface area contributed by atoms with E-state index in [4.69, 9.17) is 0 Å². The van der Waals surface area contributed by atoms with Crippen molar-refractivity contribution in [1.82, 2.24) is 14.4 Å². The first-order chi connectivity index (χ1) is 9.83. The number of aliphatic hydroxyl groups excluding tert-OH is 1.